The first-order chi connectivity index (χ1) is 60.0. The summed E-state index contributed by atoms with van der Waals surface area (Å²) in [6, 6.07) is 190. The monoisotopic (exact) mass is 2670 g/mol. The molecule has 15 aromatic carbocycles. The molecule has 0 saturated heterocycles. The van der Waals surface area contributed by atoms with Crippen LogP contribution in [0.15, 0.2) is 425 Å². The van der Waals surface area contributed by atoms with Gasteiger partial charge in [0.25, 0.3) is 0 Å². The van der Waals surface area contributed by atoms with Gasteiger partial charge in [-0.3, -0.25) is 46.5 Å². The van der Waals surface area contributed by atoms with Crippen LogP contribution in [0.25, 0.3) is 134 Å². The Bertz CT molecular complexity index is 5530. The van der Waals surface area contributed by atoms with Crippen LogP contribution in [0.4, 0.5) is 0 Å². The van der Waals surface area contributed by atoms with Gasteiger partial charge in [0.1, 0.15) is 0 Å². The van der Waals surface area contributed by atoms with E-state index in [0.29, 0.717) is 0 Å². The van der Waals surface area contributed by atoms with Gasteiger partial charge in [0.2, 0.25) is 0 Å². The quantitative estimate of drug-likeness (QED) is 0.114. The molecule has 129 heavy (non-hydrogen) atoms. The van der Waals surface area contributed by atoms with E-state index in [2.05, 4.69) is 152 Å². The predicted molar refractivity (Wildman–Crippen MR) is 487 cm³/mol. The molecule has 13 heteroatoms. The Morgan fingerprint density at radius 2 is 0.442 bits per heavy atom. The number of aryl methyl sites for hydroxylation is 1. The molecule has 634 valence electrons. The van der Waals surface area contributed by atoms with E-state index >= 15 is 0 Å². The summed E-state index contributed by atoms with van der Waals surface area (Å²) in [5.41, 5.74) is 25.1. The molecular weight excluding hydrogens is 2600 g/mol. The smallest absolute Gasteiger partial charge is 0.0160 e. The maximum atomic E-state index is 4.22. The summed E-state index contributed by atoms with van der Waals surface area (Å²) < 4.78 is 0. The van der Waals surface area contributed by atoms with Gasteiger partial charge in [-0.2, -0.15) is 96.1 Å². The molecule has 0 atom stereocenters. The van der Waals surface area contributed by atoms with Gasteiger partial charge in [-0.1, -0.05) is 55.5 Å². The second-order valence-electron chi connectivity index (χ2n) is 26.1. The van der Waals surface area contributed by atoms with Gasteiger partial charge >= 0.3 is 0 Å². The van der Waals surface area contributed by atoms with Crippen molar-refractivity contribution >= 4 is 0 Å². The van der Waals surface area contributed by atoms with Crippen molar-refractivity contribution in [1.29, 1.82) is 0 Å². The summed E-state index contributed by atoms with van der Waals surface area (Å²) >= 11 is 0. The van der Waals surface area contributed by atoms with Crippen molar-refractivity contribution in [3.05, 3.63) is 552 Å². The van der Waals surface area contributed by atoms with Gasteiger partial charge in [-0.05, 0) is 52.7 Å². The fraction of sp³-hybridized carbons (Fsp3) is 0.00862. The van der Waals surface area contributed by atoms with Crippen molar-refractivity contribution in [3.8, 4) is 134 Å². The van der Waals surface area contributed by atoms with Crippen molar-refractivity contribution in [1.82, 2.24) is 24.9 Å². The molecule has 5 nitrogen and oxygen atoms in total. The van der Waals surface area contributed by atoms with E-state index < -0.39 is 0 Å². The number of pyridine rings is 5. The Hall–Kier alpha value is -8.78. The van der Waals surface area contributed by atoms with Crippen LogP contribution in [0, 0.1) is 128 Å². The van der Waals surface area contributed by atoms with Crippen LogP contribution >= 0.6 is 0 Å². The molecule has 0 amide bonds. The second-order valence-corrected chi connectivity index (χ2v) is 26.1. The van der Waals surface area contributed by atoms with E-state index in [1.54, 1.807) is 24.8 Å². The molecule has 0 N–H and O–H groups in total. The topological polar surface area (TPSA) is 64.5 Å². The van der Waals surface area contributed by atoms with Gasteiger partial charge in [-0.25, -0.2) is 101 Å². The van der Waals surface area contributed by atoms with Crippen LogP contribution in [-0.4, -0.2) is 24.9 Å². The van der Waals surface area contributed by atoms with Crippen LogP contribution in [0.2, 0.25) is 0 Å². The zero-order valence-corrected chi connectivity index (χ0v) is 90.2. The first kappa shape index (κ1) is 111. The van der Waals surface area contributed by atoms with Gasteiger partial charge in [0.05, 0.1) is 0 Å². The maximum Gasteiger partial charge on any atom is 0.0160 e. The summed E-state index contributed by atoms with van der Waals surface area (Å²) in [5.74, 6) is 0. The Morgan fingerprint density at radius 3 is 0.698 bits per heavy atom. The maximum absolute atomic E-state index is 4.22. The van der Waals surface area contributed by atoms with Crippen molar-refractivity contribution in [3.63, 3.8) is 0 Å². The minimum absolute atomic E-state index is 0. The predicted octanol–water partition coefficient (Wildman–Crippen LogP) is 26.8. The first-order valence-corrected chi connectivity index (χ1v) is 38.9. The summed E-state index contributed by atoms with van der Waals surface area (Å²) in [7, 11) is 0. The van der Waals surface area contributed by atoms with Crippen LogP contribution < -0.4 is 0 Å². The zero-order chi connectivity index (χ0) is 82.6. The number of rotatable bonds is 12. The molecule has 0 aliphatic carbocycles. The molecule has 0 unspecified atom stereocenters. The number of aromatic nitrogens is 5. The minimum atomic E-state index is 0. The van der Waals surface area contributed by atoms with E-state index in [4.69, 9.17) is 0 Å². The van der Waals surface area contributed by atoms with Crippen LogP contribution in [0.1, 0.15) is 5.69 Å². The molecule has 5 heterocycles. The average molecular weight is 2670 g/mol. The first-order valence-electron chi connectivity index (χ1n) is 38.9. The third-order valence-corrected chi connectivity index (χ3v) is 17.7. The molecule has 0 aliphatic rings. The van der Waals surface area contributed by atoms with E-state index in [0.717, 1.165) is 140 Å². The molecule has 0 spiro atoms. The largest absolute Gasteiger partial charge is 0.379 e. The van der Waals surface area contributed by atoms with Gasteiger partial charge < -0.3 is 94.7 Å². The summed E-state index contributed by atoms with van der Waals surface area (Å²) in [6.45, 7) is 1.95. The Morgan fingerprint density at radius 1 is 0.186 bits per heavy atom. The fourth-order valence-electron chi connectivity index (χ4n) is 11.7. The molecular formula is C116H73N5Pt4Y4-20. The van der Waals surface area contributed by atoms with Gasteiger partial charge in [-0.15, -0.1) is 247 Å². The fourth-order valence-corrected chi connectivity index (χ4v) is 11.7. The van der Waals surface area contributed by atoms with E-state index in [9.17, 15) is 0 Å². The van der Waals surface area contributed by atoms with Crippen LogP contribution in [0.5, 0.6) is 0 Å². The van der Waals surface area contributed by atoms with Gasteiger partial charge in [0.15, 0.2) is 0 Å². The molecule has 0 bridgehead atoms. The number of nitrogens with zero attached hydrogens (tertiary/aromatic N) is 5. The van der Waals surface area contributed by atoms with Crippen LogP contribution in [0.3, 0.4) is 0 Å². The van der Waals surface area contributed by atoms with Crippen molar-refractivity contribution in [2.45, 2.75) is 6.92 Å². The average Bonchev–Trinajstić information content (AvgIpc) is 0.828. The van der Waals surface area contributed by atoms with E-state index in [1.807, 2.05) is 401 Å². The van der Waals surface area contributed by atoms with E-state index in [-0.39, 0.29) is 215 Å². The van der Waals surface area contributed by atoms with Crippen molar-refractivity contribution in [2.75, 3.05) is 0 Å². The Balaban J connectivity index is 0.000000261. The third-order valence-electron chi connectivity index (χ3n) is 17.7. The van der Waals surface area contributed by atoms with E-state index in [1.165, 1.54) is 0 Å². The Kier molecular flexibility index (Phi) is 55.0. The normalized spacial score (nSPS) is 9.40. The molecule has 0 saturated carbocycles. The zero-order valence-electron chi connectivity index (χ0n) is 69.7. The second kappa shape index (κ2) is 64.1. The third kappa shape index (κ3) is 37.1. The molecule has 20 rings (SSSR count). The summed E-state index contributed by atoms with van der Waals surface area (Å²) in [6.07, 6.45) is 10.2. The SMILES string of the molecule is Cc1ccc(-c2[c-]c(-c3[c-]cccc3)[c-]cc2)[c-]n1.[Pt].[Pt].[Pt].[Pt].[Y].[Y].[Y].[Y].[c-]1ccc(-c2[c-]cccc2)[c-]c1-c1[c-]cccc1.[c-]1ccccc1-c1[c-]c[c-]c(-c2[c-]cccc2)c1.[c-]1ccccc1-c1[c-]cc[c-]c1-c1[c-]cccc1.[c-]1ccccc1-c1ccccn1.[c-]1ccccc1-c1ccccn1.[c-]1ccccc1-c1ccccn1.[c-]1ccccc1-c1ccccn1. The molecule has 5 aromatic heterocycles. The van der Waals surface area contributed by atoms with Gasteiger partial charge in [0, 0.05) is 240 Å². The number of hydrogen-bond donors (Lipinski definition) is 0. The molecule has 0 fully saturated rings. The van der Waals surface area contributed by atoms with Crippen LogP contribution in [-0.2, 0) is 215 Å². The molecule has 0 aliphatic heterocycles. The molecule has 4 radical (unpaired) electrons. The van der Waals surface area contributed by atoms with Crippen molar-refractivity contribution < 1.29 is 215 Å². The summed E-state index contributed by atoms with van der Waals surface area (Å²) in [4.78, 5) is 21.1. The Labute approximate surface area is 920 Å². The summed E-state index contributed by atoms with van der Waals surface area (Å²) in [5, 5.41) is 0. The van der Waals surface area contributed by atoms with Crippen molar-refractivity contribution in [2.24, 2.45) is 0 Å². The minimum Gasteiger partial charge on any atom is -0.379 e. The number of benzene rings is 15. The number of hydrogen-bond acceptors (Lipinski definition) is 5. The molecule has 20 aromatic rings. The standard InChI is InChI=1S/C18H11N.3C18H10.4C11H8N.4Pt.4Y/c1-14-10-11-18(13-19-14)17-9-5-8-16(12-17)15-6-3-2-4-7-15;1-3-9-15(10-4-1)17-13-7-8-14-18(17)16-11-5-2-6-12-16;2*1-3-8-15(9-4-1)17-12-7-13-18(14-17)16-10-5-2-6-11-16;4*1-2-6-10(7-3-1)11-8-4-5-9-12-11;;;;;;;;/h2-6,9-11H,1H3;1-9,11H;1-8,10,14H;1-8,10,12H;4*1-6,8-9H;;;;;;;;/q4*-4;4*-1;;;;;;;;.